The Morgan fingerprint density at radius 3 is 2.50 bits per heavy atom. The smallest absolute Gasteiger partial charge is 0.252 e. The number of rotatable bonds is 5. The molecule has 1 aromatic heterocycles. The van der Waals surface area contributed by atoms with Crippen LogP contribution in [0.4, 0.5) is 5.82 Å². The molecule has 2 aromatic carbocycles. The second kappa shape index (κ2) is 10.1. The van der Waals surface area contributed by atoms with Crippen molar-refractivity contribution in [2.24, 2.45) is 11.8 Å². The molecular weight excluding hydrogens is 420 g/mol. The summed E-state index contributed by atoms with van der Waals surface area (Å²) in [6, 6.07) is 20.9. The van der Waals surface area contributed by atoms with Crippen molar-refractivity contribution in [3.63, 3.8) is 0 Å². The van der Waals surface area contributed by atoms with E-state index < -0.39 is 0 Å². The van der Waals surface area contributed by atoms with Gasteiger partial charge in [0.2, 0.25) is 0 Å². The molecule has 34 heavy (non-hydrogen) atoms. The number of carbonyl (C=O) groups excluding carboxylic acids is 1. The monoisotopic (exact) mass is 456 g/mol. The molecule has 2 aliphatic rings. The van der Waals surface area contributed by atoms with Gasteiger partial charge in [0.15, 0.2) is 0 Å². The summed E-state index contributed by atoms with van der Waals surface area (Å²) in [5, 5.41) is 4.31. The molecule has 1 saturated heterocycles. The number of hydrogen-bond acceptors (Lipinski definition) is 4. The van der Waals surface area contributed by atoms with E-state index in [-0.39, 0.29) is 11.9 Å². The average Bonchev–Trinajstić information content (AvgIpc) is 2.87. The molecule has 3 atom stereocenters. The van der Waals surface area contributed by atoms with Gasteiger partial charge in [-0.2, -0.15) is 0 Å². The second-order valence-electron chi connectivity index (χ2n) is 10.1. The number of benzene rings is 2. The molecule has 2 heterocycles. The Balaban J connectivity index is 1.33. The number of nitrogens with zero attached hydrogens (tertiary/aromatic N) is 3. The van der Waals surface area contributed by atoms with Gasteiger partial charge >= 0.3 is 0 Å². The first-order chi connectivity index (χ1) is 16.6. The van der Waals surface area contributed by atoms with Crippen LogP contribution in [0.1, 0.15) is 49.0 Å². The van der Waals surface area contributed by atoms with Crippen LogP contribution in [0.2, 0.25) is 0 Å². The van der Waals surface area contributed by atoms with E-state index in [1.807, 2.05) is 30.3 Å². The first-order valence-electron chi connectivity index (χ1n) is 12.8. The van der Waals surface area contributed by atoms with Gasteiger partial charge in [0, 0.05) is 44.2 Å². The van der Waals surface area contributed by atoms with E-state index in [1.54, 1.807) is 0 Å². The number of piperazine rings is 1. The zero-order valence-corrected chi connectivity index (χ0v) is 20.4. The number of para-hydroxylation sites is 1. The third kappa shape index (κ3) is 4.95. The Morgan fingerprint density at radius 2 is 1.71 bits per heavy atom. The molecule has 0 spiro atoms. The summed E-state index contributed by atoms with van der Waals surface area (Å²) in [7, 11) is 0. The zero-order valence-electron chi connectivity index (χ0n) is 20.4. The standard InChI is InChI=1S/C29H36N4O/c1-21-9-8-14-26(22(21)2)31-29(34)25-19-28(30-27-13-7-6-12-24(25)27)33-17-15-32(16-18-33)20-23-10-4-3-5-11-23/h3-7,10-13,19,21-22,26H,8-9,14-18,20H2,1-2H3,(H,31,34). The average molecular weight is 457 g/mol. The molecule has 3 unspecified atom stereocenters. The maximum Gasteiger partial charge on any atom is 0.252 e. The zero-order chi connectivity index (χ0) is 23.5. The van der Waals surface area contributed by atoms with Crippen molar-refractivity contribution < 1.29 is 4.79 Å². The molecule has 1 N–H and O–H groups in total. The fraction of sp³-hybridized carbons (Fsp3) is 0.448. The molecule has 0 bridgehead atoms. The van der Waals surface area contributed by atoms with E-state index >= 15 is 0 Å². The lowest BCUT2D eigenvalue weighted by Crippen LogP contribution is -2.46. The molecule has 5 nitrogen and oxygen atoms in total. The lowest BCUT2D eigenvalue weighted by atomic mass is 9.78. The minimum absolute atomic E-state index is 0.0357. The molecule has 3 aromatic rings. The molecule has 1 saturated carbocycles. The SMILES string of the molecule is CC1CCCC(NC(=O)c2cc(N3CCN(Cc4ccccc4)CC3)nc3ccccc23)C1C. The Hall–Kier alpha value is -2.92. The predicted octanol–water partition coefficient (Wildman–Crippen LogP) is 5.11. The number of anilines is 1. The van der Waals surface area contributed by atoms with Crippen LogP contribution in [-0.2, 0) is 6.54 Å². The van der Waals surface area contributed by atoms with Crippen molar-refractivity contribution in [1.82, 2.24) is 15.2 Å². The Labute approximate surface area is 203 Å². The van der Waals surface area contributed by atoms with Crippen LogP contribution < -0.4 is 10.2 Å². The van der Waals surface area contributed by atoms with Gasteiger partial charge in [0.25, 0.3) is 5.91 Å². The Morgan fingerprint density at radius 1 is 0.971 bits per heavy atom. The van der Waals surface area contributed by atoms with Gasteiger partial charge in [-0.3, -0.25) is 9.69 Å². The number of fused-ring (bicyclic) bond motifs is 1. The first-order valence-corrected chi connectivity index (χ1v) is 12.8. The van der Waals surface area contributed by atoms with Crippen LogP contribution in [0.3, 0.4) is 0 Å². The van der Waals surface area contributed by atoms with Crippen LogP contribution in [0.15, 0.2) is 60.7 Å². The van der Waals surface area contributed by atoms with Crippen molar-refractivity contribution >= 4 is 22.6 Å². The van der Waals surface area contributed by atoms with E-state index in [2.05, 4.69) is 59.3 Å². The minimum atomic E-state index is 0.0357. The molecular formula is C29H36N4O. The maximum absolute atomic E-state index is 13.5. The van der Waals surface area contributed by atoms with Crippen molar-refractivity contribution in [2.75, 3.05) is 31.1 Å². The van der Waals surface area contributed by atoms with Gasteiger partial charge in [-0.1, -0.05) is 75.2 Å². The second-order valence-corrected chi connectivity index (χ2v) is 10.1. The van der Waals surface area contributed by atoms with E-state index in [4.69, 9.17) is 4.98 Å². The summed E-state index contributed by atoms with van der Waals surface area (Å²) >= 11 is 0. The maximum atomic E-state index is 13.5. The highest BCUT2D eigenvalue weighted by atomic mass is 16.1. The van der Waals surface area contributed by atoms with Gasteiger partial charge in [-0.05, 0) is 36.0 Å². The molecule has 1 aliphatic carbocycles. The van der Waals surface area contributed by atoms with E-state index in [1.165, 1.54) is 18.4 Å². The highest BCUT2D eigenvalue weighted by Crippen LogP contribution is 2.30. The van der Waals surface area contributed by atoms with Crippen molar-refractivity contribution in [2.45, 2.75) is 45.7 Å². The number of hydrogen-bond donors (Lipinski definition) is 1. The van der Waals surface area contributed by atoms with Gasteiger partial charge < -0.3 is 10.2 Å². The fourth-order valence-corrected chi connectivity index (χ4v) is 5.52. The number of carbonyl (C=O) groups is 1. The fourth-order valence-electron chi connectivity index (χ4n) is 5.52. The lowest BCUT2D eigenvalue weighted by molar-refractivity contribution is 0.0892. The van der Waals surface area contributed by atoms with Crippen LogP contribution in [0.25, 0.3) is 10.9 Å². The van der Waals surface area contributed by atoms with Gasteiger partial charge in [-0.25, -0.2) is 4.98 Å². The number of pyridine rings is 1. The topological polar surface area (TPSA) is 48.5 Å². The van der Waals surface area contributed by atoms with E-state index in [0.717, 1.165) is 61.4 Å². The highest BCUT2D eigenvalue weighted by Gasteiger charge is 2.29. The van der Waals surface area contributed by atoms with E-state index in [9.17, 15) is 4.79 Å². The Kier molecular flexibility index (Phi) is 6.82. The van der Waals surface area contributed by atoms with Gasteiger partial charge in [-0.15, -0.1) is 0 Å². The number of amides is 1. The molecule has 2 fully saturated rings. The predicted molar refractivity (Wildman–Crippen MR) is 139 cm³/mol. The third-order valence-corrected chi connectivity index (χ3v) is 7.92. The van der Waals surface area contributed by atoms with Crippen LogP contribution in [0.5, 0.6) is 0 Å². The van der Waals surface area contributed by atoms with Gasteiger partial charge in [0.05, 0.1) is 11.1 Å². The summed E-state index contributed by atoms with van der Waals surface area (Å²) < 4.78 is 0. The number of nitrogens with one attached hydrogen (secondary N) is 1. The van der Waals surface area contributed by atoms with Crippen molar-refractivity contribution in [3.05, 3.63) is 71.8 Å². The number of aromatic nitrogens is 1. The summed E-state index contributed by atoms with van der Waals surface area (Å²) in [6.07, 6.45) is 3.51. The molecule has 178 valence electrons. The van der Waals surface area contributed by atoms with Crippen LogP contribution >= 0.6 is 0 Å². The van der Waals surface area contributed by atoms with Crippen molar-refractivity contribution in [1.29, 1.82) is 0 Å². The summed E-state index contributed by atoms with van der Waals surface area (Å²) in [5.41, 5.74) is 2.99. The Bertz CT molecular complexity index is 1120. The quantitative estimate of drug-likeness (QED) is 0.580. The minimum Gasteiger partial charge on any atom is -0.354 e. The largest absolute Gasteiger partial charge is 0.354 e. The molecule has 5 rings (SSSR count). The normalized spacial score (nSPS) is 23.7. The molecule has 1 aliphatic heterocycles. The molecule has 1 amide bonds. The molecule has 5 heteroatoms. The van der Waals surface area contributed by atoms with Gasteiger partial charge in [0.1, 0.15) is 5.82 Å². The van der Waals surface area contributed by atoms with Crippen molar-refractivity contribution in [3.8, 4) is 0 Å². The summed E-state index contributed by atoms with van der Waals surface area (Å²) in [4.78, 5) is 23.3. The summed E-state index contributed by atoms with van der Waals surface area (Å²) in [5.74, 6) is 2.10. The molecule has 0 radical (unpaired) electrons. The lowest BCUT2D eigenvalue weighted by Gasteiger charge is -2.36. The summed E-state index contributed by atoms with van der Waals surface area (Å²) in [6.45, 7) is 9.36. The van der Waals surface area contributed by atoms with E-state index in [0.29, 0.717) is 11.8 Å². The van der Waals surface area contributed by atoms with Crippen LogP contribution in [-0.4, -0.2) is 48.0 Å². The van der Waals surface area contributed by atoms with Crippen LogP contribution in [0, 0.1) is 11.8 Å². The third-order valence-electron chi connectivity index (χ3n) is 7.92. The first kappa shape index (κ1) is 22.9. The highest BCUT2D eigenvalue weighted by molar-refractivity contribution is 6.07.